The fraction of sp³-hybridized carbons (Fsp3) is 0.417. The molecule has 2 amide bonds. The summed E-state index contributed by atoms with van der Waals surface area (Å²) in [6.07, 6.45) is 1.62. The number of hydrogen-bond acceptors (Lipinski definition) is 3. The molecular formula is C12H17N3O3. The van der Waals surface area contributed by atoms with E-state index in [-0.39, 0.29) is 5.92 Å². The van der Waals surface area contributed by atoms with E-state index in [1.807, 2.05) is 0 Å². The molecule has 1 heterocycles. The molecule has 6 nitrogen and oxygen atoms in total. The highest BCUT2D eigenvalue weighted by Crippen LogP contribution is 2.10. The topological polar surface area (TPSA) is 91.3 Å². The van der Waals surface area contributed by atoms with Crippen LogP contribution in [-0.4, -0.2) is 28.1 Å². The number of aliphatic carboxylic acids is 1. The van der Waals surface area contributed by atoms with Gasteiger partial charge in [-0.1, -0.05) is 13.8 Å². The average molecular weight is 251 g/mol. The second-order valence-electron chi connectivity index (χ2n) is 4.29. The maximum Gasteiger partial charge on any atom is 0.326 e. The average Bonchev–Trinajstić information content (AvgIpc) is 2.28. The molecule has 6 heteroatoms. The Hall–Kier alpha value is -2.11. The number of carbonyl (C=O) groups excluding carboxylic acids is 1. The van der Waals surface area contributed by atoms with Gasteiger partial charge in [0.15, 0.2) is 0 Å². The summed E-state index contributed by atoms with van der Waals surface area (Å²) in [6.45, 7) is 5.22. The molecule has 0 aromatic carbocycles. The Morgan fingerprint density at radius 1 is 1.39 bits per heavy atom. The van der Waals surface area contributed by atoms with Crippen molar-refractivity contribution in [3.8, 4) is 0 Å². The number of aryl methyl sites for hydroxylation is 1. The number of carbonyl (C=O) groups is 2. The van der Waals surface area contributed by atoms with Crippen LogP contribution in [0.2, 0.25) is 0 Å². The number of amides is 2. The lowest BCUT2D eigenvalue weighted by Gasteiger charge is -2.18. The molecule has 18 heavy (non-hydrogen) atoms. The normalized spacial score (nSPS) is 12.0. The smallest absolute Gasteiger partial charge is 0.326 e. The Kier molecular flexibility index (Phi) is 4.65. The summed E-state index contributed by atoms with van der Waals surface area (Å²) < 4.78 is 0. The van der Waals surface area contributed by atoms with Crippen LogP contribution in [0.1, 0.15) is 19.5 Å². The SMILES string of the molecule is Cc1ncccc1NC(=O)NC(C(=O)O)C(C)C. The molecule has 0 saturated heterocycles. The number of nitrogens with zero attached hydrogens (tertiary/aromatic N) is 1. The molecule has 0 aliphatic rings. The van der Waals surface area contributed by atoms with E-state index in [1.165, 1.54) is 0 Å². The molecule has 1 atom stereocenters. The van der Waals surface area contributed by atoms with Gasteiger partial charge in [-0.3, -0.25) is 4.98 Å². The van der Waals surface area contributed by atoms with Gasteiger partial charge in [-0.2, -0.15) is 0 Å². The molecular weight excluding hydrogens is 234 g/mol. The van der Waals surface area contributed by atoms with Crippen molar-refractivity contribution in [2.24, 2.45) is 5.92 Å². The molecule has 98 valence electrons. The van der Waals surface area contributed by atoms with Crippen molar-refractivity contribution in [2.75, 3.05) is 5.32 Å². The number of hydrogen-bond donors (Lipinski definition) is 3. The highest BCUT2D eigenvalue weighted by atomic mass is 16.4. The van der Waals surface area contributed by atoms with Crippen LogP contribution in [0, 0.1) is 12.8 Å². The number of urea groups is 1. The van der Waals surface area contributed by atoms with Gasteiger partial charge in [0, 0.05) is 6.20 Å². The third-order valence-corrected chi connectivity index (χ3v) is 2.47. The van der Waals surface area contributed by atoms with Gasteiger partial charge in [0.05, 0.1) is 11.4 Å². The standard InChI is InChI=1S/C12H17N3O3/c1-7(2)10(11(16)17)15-12(18)14-9-5-4-6-13-8(9)3/h4-7,10H,1-3H3,(H,16,17)(H2,14,15,18). The zero-order valence-electron chi connectivity index (χ0n) is 10.6. The Bertz CT molecular complexity index is 446. The zero-order chi connectivity index (χ0) is 13.7. The summed E-state index contributed by atoms with van der Waals surface area (Å²) in [5.74, 6) is -1.24. The van der Waals surface area contributed by atoms with Gasteiger partial charge in [0.25, 0.3) is 0 Å². The van der Waals surface area contributed by atoms with E-state index >= 15 is 0 Å². The molecule has 0 aliphatic heterocycles. The van der Waals surface area contributed by atoms with Crippen LogP contribution in [0.15, 0.2) is 18.3 Å². The first-order valence-electron chi connectivity index (χ1n) is 5.63. The summed E-state index contributed by atoms with van der Waals surface area (Å²) in [5.41, 5.74) is 1.23. The van der Waals surface area contributed by atoms with Gasteiger partial charge in [-0.25, -0.2) is 9.59 Å². The Morgan fingerprint density at radius 3 is 2.56 bits per heavy atom. The number of carboxylic acids is 1. The molecule has 0 spiro atoms. The quantitative estimate of drug-likeness (QED) is 0.758. The number of rotatable bonds is 4. The van der Waals surface area contributed by atoms with E-state index in [4.69, 9.17) is 5.11 Å². The minimum Gasteiger partial charge on any atom is -0.480 e. The third kappa shape index (κ3) is 3.73. The van der Waals surface area contributed by atoms with Crippen LogP contribution in [0.5, 0.6) is 0 Å². The van der Waals surface area contributed by atoms with Crippen molar-refractivity contribution in [3.63, 3.8) is 0 Å². The highest BCUT2D eigenvalue weighted by Gasteiger charge is 2.23. The number of pyridine rings is 1. The van der Waals surface area contributed by atoms with Gasteiger partial charge in [-0.05, 0) is 25.0 Å². The Labute approximate surface area is 105 Å². The Morgan fingerprint density at radius 2 is 2.06 bits per heavy atom. The minimum atomic E-state index is -1.05. The van der Waals surface area contributed by atoms with Gasteiger partial charge >= 0.3 is 12.0 Å². The van der Waals surface area contributed by atoms with E-state index in [0.717, 1.165) is 0 Å². The van der Waals surface area contributed by atoms with E-state index in [2.05, 4.69) is 15.6 Å². The first kappa shape index (κ1) is 14.0. The molecule has 1 aromatic rings. The van der Waals surface area contributed by atoms with Crippen molar-refractivity contribution in [3.05, 3.63) is 24.0 Å². The monoisotopic (exact) mass is 251 g/mol. The zero-order valence-corrected chi connectivity index (χ0v) is 10.6. The largest absolute Gasteiger partial charge is 0.480 e. The van der Waals surface area contributed by atoms with Gasteiger partial charge in [0.1, 0.15) is 6.04 Å². The number of aromatic nitrogens is 1. The molecule has 1 unspecified atom stereocenters. The van der Waals surface area contributed by atoms with Gasteiger partial charge in [-0.15, -0.1) is 0 Å². The van der Waals surface area contributed by atoms with Gasteiger partial charge in [0.2, 0.25) is 0 Å². The Balaban J connectivity index is 2.67. The van der Waals surface area contributed by atoms with Crippen molar-refractivity contribution in [2.45, 2.75) is 26.8 Å². The highest BCUT2D eigenvalue weighted by molar-refractivity contribution is 5.92. The van der Waals surface area contributed by atoms with E-state index in [9.17, 15) is 9.59 Å². The minimum absolute atomic E-state index is 0.191. The summed E-state index contributed by atoms with van der Waals surface area (Å²) in [7, 11) is 0. The number of nitrogens with one attached hydrogen (secondary N) is 2. The molecule has 0 bridgehead atoms. The van der Waals surface area contributed by atoms with Crippen molar-refractivity contribution in [1.82, 2.24) is 10.3 Å². The second-order valence-corrected chi connectivity index (χ2v) is 4.29. The van der Waals surface area contributed by atoms with Crippen molar-refractivity contribution >= 4 is 17.7 Å². The molecule has 0 aliphatic carbocycles. The number of carboxylic acid groups (broad SMARTS) is 1. The molecule has 3 N–H and O–H groups in total. The predicted octanol–water partition coefficient (Wildman–Crippen LogP) is 1.62. The molecule has 1 rings (SSSR count). The molecule has 0 fully saturated rings. The fourth-order valence-corrected chi connectivity index (χ4v) is 1.43. The summed E-state index contributed by atoms with van der Waals surface area (Å²) in [5, 5.41) is 13.9. The summed E-state index contributed by atoms with van der Waals surface area (Å²) in [6, 6.07) is 1.93. The molecule has 1 aromatic heterocycles. The number of anilines is 1. The van der Waals surface area contributed by atoms with E-state index < -0.39 is 18.0 Å². The van der Waals surface area contributed by atoms with Gasteiger partial charge < -0.3 is 15.7 Å². The van der Waals surface area contributed by atoms with Crippen LogP contribution >= 0.6 is 0 Å². The lowest BCUT2D eigenvalue weighted by atomic mass is 10.1. The van der Waals surface area contributed by atoms with Crippen molar-refractivity contribution < 1.29 is 14.7 Å². The van der Waals surface area contributed by atoms with E-state index in [0.29, 0.717) is 11.4 Å². The van der Waals surface area contributed by atoms with Crippen molar-refractivity contribution in [1.29, 1.82) is 0 Å². The maximum absolute atomic E-state index is 11.7. The summed E-state index contributed by atoms with van der Waals surface area (Å²) in [4.78, 5) is 26.6. The lowest BCUT2D eigenvalue weighted by Crippen LogP contribution is -2.46. The first-order chi connectivity index (χ1) is 8.41. The lowest BCUT2D eigenvalue weighted by molar-refractivity contribution is -0.140. The summed E-state index contributed by atoms with van der Waals surface area (Å²) >= 11 is 0. The predicted molar refractivity (Wildman–Crippen MR) is 67.4 cm³/mol. The van der Waals surface area contributed by atoms with Crippen LogP contribution in [0.4, 0.5) is 10.5 Å². The first-order valence-corrected chi connectivity index (χ1v) is 5.63. The van der Waals surface area contributed by atoms with Crippen LogP contribution in [-0.2, 0) is 4.79 Å². The molecule has 0 radical (unpaired) electrons. The van der Waals surface area contributed by atoms with Crippen LogP contribution < -0.4 is 10.6 Å². The van der Waals surface area contributed by atoms with Crippen LogP contribution in [0.3, 0.4) is 0 Å². The van der Waals surface area contributed by atoms with E-state index in [1.54, 1.807) is 39.1 Å². The second kappa shape index (κ2) is 6.00. The third-order valence-electron chi connectivity index (χ3n) is 2.47. The maximum atomic E-state index is 11.7. The van der Waals surface area contributed by atoms with Crippen LogP contribution in [0.25, 0.3) is 0 Å². The molecule has 0 saturated carbocycles. The fourth-order valence-electron chi connectivity index (χ4n) is 1.43.